The van der Waals surface area contributed by atoms with E-state index < -0.39 is 8.07 Å². The van der Waals surface area contributed by atoms with Crippen molar-refractivity contribution in [1.82, 2.24) is 0 Å². The van der Waals surface area contributed by atoms with Gasteiger partial charge >= 0.3 is 0 Å². The number of allylic oxidation sites excluding steroid dienone is 1. The Bertz CT molecular complexity index is 359. The second-order valence-corrected chi connectivity index (χ2v) is 11.2. The lowest BCUT2D eigenvalue weighted by Crippen LogP contribution is -2.20. The minimum Gasteiger partial charge on any atom is -0.0950 e. The fourth-order valence-electron chi connectivity index (χ4n) is 2.40. The van der Waals surface area contributed by atoms with Crippen molar-refractivity contribution in [2.45, 2.75) is 31.6 Å². The Balaban J connectivity index is 2.07. The summed E-state index contributed by atoms with van der Waals surface area (Å²) >= 11 is 0. The Morgan fingerprint density at radius 1 is 1.20 bits per heavy atom. The molecule has 2 rings (SSSR count). The molecule has 0 aromatic heterocycles. The van der Waals surface area contributed by atoms with Crippen LogP contribution in [-0.4, -0.2) is 8.07 Å². The maximum Gasteiger partial charge on any atom is 0.0480 e. The summed E-state index contributed by atoms with van der Waals surface area (Å²) in [7, 11) is -0.943. The Labute approximate surface area is 94.0 Å². The summed E-state index contributed by atoms with van der Waals surface area (Å²) in [4.78, 5) is 0. The molecule has 1 heteroatoms. The van der Waals surface area contributed by atoms with Crippen molar-refractivity contribution < 1.29 is 0 Å². The van der Waals surface area contributed by atoms with Crippen LogP contribution in [0, 0.1) is 5.92 Å². The van der Waals surface area contributed by atoms with Crippen molar-refractivity contribution in [3.63, 3.8) is 0 Å². The van der Waals surface area contributed by atoms with Crippen LogP contribution in [0.15, 0.2) is 36.9 Å². The van der Waals surface area contributed by atoms with Gasteiger partial charge in [-0.1, -0.05) is 56.6 Å². The molecule has 0 aliphatic heterocycles. The lowest BCUT2D eigenvalue weighted by Gasteiger charge is -2.16. The molecule has 0 unspecified atom stereocenters. The van der Waals surface area contributed by atoms with Crippen LogP contribution < -0.4 is 0 Å². The molecule has 0 N–H and O–H groups in total. The summed E-state index contributed by atoms with van der Waals surface area (Å²) in [5.74, 6) is 0.777. The largest absolute Gasteiger partial charge is 0.0950 e. The van der Waals surface area contributed by atoms with Gasteiger partial charge in [-0.2, -0.15) is 0 Å². The highest BCUT2D eigenvalue weighted by atomic mass is 28.3. The van der Waals surface area contributed by atoms with Gasteiger partial charge in [0, 0.05) is 8.07 Å². The van der Waals surface area contributed by atoms with Crippen molar-refractivity contribution in [3.8, 4) is 0 Å². The van der Waals surface area contributed by atoms with E-state index in [0.717, 1.165) is 11.5 Å². The van der Waals surface area contributed by atoms with Gasteiger partial charge in [-0.05, 0) is 29.0 Å². The summed E-state index contributed by atoms with van der Waals surface area (Å²) in [5, 5.41) is 0. The number of rotatable bonds is 3. The first-order valence-corrected chi connectivity index (χ1v) is 9.32. The fraction of sp³-hybridized carbons (Fsp3) is 0.429. The van der Waals surface area contributed by atoms with Crippen LogP contribution in [0.3, 0.4) is 0 Å². The molecule has 0 saturated heterocycles. The first kappa shape index (κ1) is 10.7. The summed E-state index contributed by atoms with van der Waals surface area (Å²) in [6.45, 7) is 11.7. The molecular formula is C14H20Si. The van der Waals surface area contributed by atoms with Crippen LogP contribution in [0.2, 0.25) is 25.2 Å². The van der Waals surface area contributed by atoms with Gasteiger partial charge in [0.1, 0.15) is 0 Å². The lowest BCUT2D eigenvalue weighted by molar-refractivity contribution is 1.13. The number of hydrogen-bond acceptors (Lipinski definition) is 0. The standard InChI is InChI=1S/C14H20Si/c1-11(12-8-6-5-7-9-12)13-10-14(13)15(2,3)4/h5-9,13-14H,1,10H2,2-4H3/t13-,14+/m0/s1. The average molecular weight is 216 g/mol. The van der Waals surface area contributed by atoms with E-state index >= 15 is 0 Å². The Morgan fingerprint density at radius 2 is 1.80 bits per heavy atom. The third kappa shape index (κ3) is 2.23. The van der Waals surface area contributed by atoms with Crippen molar-refractivity contribution >= 4 is 13.6 Å². The minimum atomic E-state index is -0.943. The second-order valence-electron chi connectivity index (χ2n) is 5.71. The molecule has 0 bridgehead atoms. The van der Waals surface area contributed by atoms with Crippen LogP contribution in [0.5, 0.6) is 0 Å². The predicted octanol–water partition coefficient (Wildman–Crippen LogP) is 4.43. The van der Waals surface area contributed by atoms with E-state index in [9.17, 15) is 0 Å². The van der Waals surface area contributed by atoms with E-state index in [1.165, 1.54) is 17.6 Å². The molecule has 1 aromatic carbocycles. The van der Waals surface area contributed by atoms with Crippen molar-refractivity contribution in [2.75, 3.05) is 0 Å². The molecule has 2 atom stereocenters. The van der Waals surface area contributed by atoms with Gasteiger partial charge in [0.2, 0.25) is 0 Å². The third-order valence-corrected chi connectivity index (χ3v) is 6.36. The molecule has 0 heterocycles. The third-order valence-electron chi connectivity index (χ3n) is 3.49. The summed E-state index contributed by atoms with van der Waals surface area (Å²) in [6, 6.07) is 10.6. The maximum absolute atomic E-state index is 4.27. The number of benzene rings is 1. The molecule has 0 radical (unpaired) electrons. The summed E-state index contributed by atoms with van der Waals surface area (Å²) in [6.07, 6.45) is 1.38. The number of hydrogen-bond donors (Lipinski definition) is 0. The zero-order valence-corrected chi connectivity index (χ0v) is 11.0. The van der Waals surface area contributed by atoms with Gasteiger partial charge in [0.25, 0.3) is 0 Å². The fourth-order valence-corrected chi connectivity index (χ4v) is 4.77. The van der Waals surface area contributed by atoms with Crippen LogP contribution in [0.25, 0.3) is 5.57 Å². The topological polar surface area (TPSA) is 0 Å². The Morgan fingerprint density at radius 3 is 2.27 bits per heavy atom. The van der Waals surface area contributed by atoms with Gasteiger partial charge in [-0.3, -0.25) is 0 Å². The summed E-state index contributed by atoms with van der Waals surface area (Å²) in [5.41, 5.74) is 3.66. The van der Waals surface area contributed by atoms with E-state index in [2.05, 4.69) is 56.6 Å². The van der Waals surface area contributed by atoms with Gasteiger partial charge < -0.3 is 0 Å². The monoisotopic (exact) mass is 216 g/mol. The van der Waals surface area contributed by atoms with Gasteiger partial charge in [-0.25, -0.2) is 0 Å². The highest BCUT2D eigenvalue weighted by Crippen LogP contribution is 2.57. The predicted molar refractivity (Wildman–Crippen MR) is 70.7 cm³/mol. The van der Waals surface area contributed by atoms with Crippen molar-refractivity contribution in [1.29, 1.82) is 0 Å². The van der Waals surface area contributed by atoms with Crippen molar-refractivity contribution in [2.24, 2.45) is 5.92 Å². The van der Waals surface area contributed by atoms with Gasteiger partial charge in [0.05, 0.1) is 0 Å². The Kier molecular flexibility index (Phi) is 2.59. The zero-order valence-electron chi connectivity index (χ0n) is 9.96. The summed E-state index contributed by atoms with van der Waals surface area (Å²) < 4.78 is 0. The molecule has 0 spiro atoms. The van der Waals surface area contributed by atoms with Gasteiger partial charge in [0.15, 0.2) is 0 Å². The smallest absolute Gasteiger partial charge is 0.0480 e. The van der Waals surface area contributed by atoms with Crippen LogP contribution in [0.1, 0.15) is 12.0 Å². The first-order chi connectivity index (χ1) is 7.00. The molecule has 15 heavy (non-hydrogen) atoms. The highest BCUT2D eigenvalue weighted by Gasteiger charge is 2.47. The Hall–Kier alpha value is -0.823. The second kappa shape index (κ2) is 3.64. The normalized spacial score (nSPS) is 25.0. The van der Waals surface area contributed by atoms with E-state index in [1.54, 1.807) is 0 Å². The average Bonchev–Trinajstić information content (AvgIpc) is 2.97. The van der Waals surface area contributed by atoms with E-state index in [0.29, 0.717) is 0 Å². The lowest BCUT2D eigenvalue weighted by atomic mass is 10.0. The molecule has 1 aliphatic rings. The van der Waals surface area contributed by atoms with E-state index in [1.807, 2.05) is 0 Å². The molecule has 1 saturated carbocycles. The minimum absolute atomic E-state index is 0.777. The molecule has 0 nitrogen and oxygen atoms in total. The molecule has 1 aliphatic carbocycles. The SMILES string of the molecule is C=C(c1ccccc1)[C@@H]1C[C@H]1[Si](C)(C)C. The maximum atomic E-state index is 4.27. The van der Waals surface area contributed by atoms with Crippen LogP contribution in [-0.2, 0) is 0 Å². The molecule has 1 fully saturated rings. The highest BCUT2D eigenvalue weighted by molar-refractivity contribution is 6.78. The van der Waals surface area contributed by atoms with E-state index in [4.69, 9.17) is 0 Å². The molecular weight excluding hydrogens is 196 g/mol. The molecule has 0 amide bonds. The molecule has 1 aromatic rings. The zero-order chi connectivity index (χ0) is 11.1. The van der Waals surface area contributed by atoms with Crippen molar-refractivity contribution in [3.05, 3.63) is 42.5 Å². The van der Waals surface area contributed by atoms with Crippen LogP contribution in [0.4, 0.5) is 0 Å². The van der Waals surface area contributed by atoms with E-state index in [-0.39, 0.29) is 0 Å². The first-order valence-electron chi connectivity index (χ1n) is 5.74. The quantitative estimate of drug-likeness (QED) is 0.656. The molecule has 80 valence electrons. The van der Waals surface area contributed by atoms with Gasteiger partial charge in [-0.15, -0.1) is 0 Å². The van der Waals surface area contributed by atoms with Crippen LogP contribution >= 0.6 is 0 Å².